The topological polar surface area (TPSA) is 9.23 Å². The van der Waals surface area contributed by atoms with Gasteiger partial charge in [0.1, 0.15) is 5.75 Å². The van der Waals surface area contributed by atoms with Crippen molar-refractivity contribution in [1.29, 1.82) is 0 Å². The SMILES string of the molecule is FC(F)(Cl)C(=S)Oc1ccccc1. The highest BCUT2D eigenvalue weighted by Gasteiger charge is 2.33. The second-order valence-electron chi connectivity index (χ2n) is 2.20. The fourth-order valence-electron chi connectivity index (χ4n) is 0.653. The minimum atomic E-state index is -3.61. The average molecular weight is 223 g/mol. The maximum Gasteiger partial charge on any atom is 0.390 e. The first-order chi connectivity index (χ1) is 6.00. The van der Waals surface area contributed by atoms with Crippen LogP contribution in [0.5, 0.6) is 5.75 Å². The normalized spacial score (nSPS) is 11.0. The Morgan fingerprint density at radius 3 is 2.31 bits per heavy atom. The number of rotatable bonds is 2. The predicted molar refractivity (Wildman–Crippen MR) is 50.5 cm³/mol. The molecular weight excluding hydrogens is 218 g/mol. The molecule has 5 heteroatoms. The second kappa shape index (κ2) is 3.98. The van der Waals surface area contributed by atoms with E-state index in [2.05, 4.69) is 28.6 Å². The molecule has 0 aliphatic carbocycles. The molecule has 0 amide bonds. The zero-order valence-corrected chi connectivity index (χ0v) is 7.91. The molecular formula is C8H5ClF2OS. The maximum atomic E-state index is 12.3. The van der Waals surface area contributed by atoms with E-state index in [1.807, 2.05) is 0 Å². The van der Waals surface area contributed by atoms with E-state index in [-0.39, 0.29) is 5.75 Å². The van der Waals surface area contributed by atoms with E-state index in [0.29, 0.717) is 0 Å². The molecule has 0 N–H and O–H groups in total. The molecule has 0 atom stereocenters. The van der Waals surface area contributed by atoms with Crippen LogP contribution >= 0.6 is 23.8 Å². The van der Waals surface area contributed by atoms with E-state index in [4.69, 9.17) is 0 Å². The first-order valence-corrected chi connectivity index (χ1v) is 4.13. The number of thiocarbonyl (C=S) groups is 1. The van der Waals surface area contributed by atoms with Gasteiger partial charge in [0.15, 0.2) is 0 Å². The monoisotopic (exact) mass is 222 g/mol. The summed E-state index contributed by atoms with van der Waals surface area (Å²) in [6, 6.07) is 8.03. The number of alkyl halides is 3. The molecule has 1 aromatic carbocycles. The van der Waals surface area contributed by atoms with Gasteiger partial charge in [-0.25, -0.2) is 0 Å². The fourth-order valence-corrected chi connectivity index (χ4v) is 0.788. The molecule has 0 bridgehead atoms. The molecule has 13 heavy (non-hydrogen) atoms. The molecule has 1 rings (SSSR count). The number of benzene rings is 1. The van der Waals surface area contributed by atoms with Crippen LogP contribution in [-0.2, 0) is 0 Å². The minimum absolute atomic E-state index is 0.243. The summed E-state index contributed by atoms with van der Waals surface area (Å²) >= 11 is 8.90. The van der Waals surface area contributed by atoms with E-state index in [1.54, 1.807) is 18.2 Å². The Bertz CT molecular complexity index is 297. The number of hydrogen-bond donors (Lipinski definition) is 0. The summed E-state index contributed by atoms with van der Waals surface area (Å²) in [6.07, 6.45) is 0. The Hall–Kier alpha value is -0.740. The Morgan fingerprint density at radius 1 is 1.31 bits per heavy atom. The molecule has 0 aliphatic heterocycles. The number of ether oxygens (including phenoxy) is 1. The van der Waals surface area contributed by atoms with Gasteiger partial charge in [-0.3, -0.25) is 0 Å². The molecule has 0 saturated heterocycles. The van der Waals surface area contributed by atoms with Crippen molar-refractivity contribution in [2.24, 2.45) is 0 Å². The summed E-state index contributed by atoms with van der Waals surface area (Å²) < 4.78 is 29.2. The highest BCUT2D eigenvalue weighted by molar-refractivity contribution is 7.80. The highest BCUT2D eigenvalue weighted by atomic mass is 35.5. The fraction of sp³-hybridized carbons (Fsp3) is 0.125. The lowest BCUT2D eigenvalue weighted by Crippen LogP contribution is -2.24. The van der Waals surface area contributed by atoms with Crippen molar-refractivity contribution in [1.82, 2.24) is 0 Å². The van der Waals surface area contributed by atoms with Gasteiger partial charge in [0.25, 0.3) is 5.05 Å². The largest absolute Gasteiger partial charge is 0.443 e. The summed E-state index contributed by atoms with van der Waals surface area (Å²) in [5.74, 6) is 0.243. The Balaban J connectivity index is 2.66. The standard InChI is InChI=1S/C8H5ClF2OS/c9-8(10,11)7(13)12-6-4-2-1-3-5-6/h1-5H. The van der Waals surface area contributed by atoms with E-state index < -0.39 is 10.4 Å². The summed E-state index contributed by atoms with van der Waals surface area (Å²) in [6.45, 7) is 0. The van der Waals surface area contributed by atoms with Crippen LogP contribution in [0.15, 0.2) is 30.3 Å². The zero-order valence-electron chi connectivity index (χ0n) is 6.34. The van der Waals surface area contributed by atoms with Crippen LogP contribution in [0.25, 0.3) is 0 Å². The number of halogens is 3. The van der Waals surface area contributed by atoms with Crippen LogP contribution < -0.4 is 4.74 Å². The summed E-state index contributed by atoms with van der Waals surface area (Å²) in [5, 5.41) is -4.55. The van der Waals surface area contributed by atoms with Crippen molar-refractivity contribution < 1.29 is 13.5 Å². The van der Waals surface area contributed by atoms with Crippen LogP contribution in [0.4, 0.5) is 8.78 Å². The van der Waals surface area contributed by atoms with Crippen molar-refractivity contribution in [3.63, 3.8) is 0 Å². The van der Waals surface area contributed by atoms with Crippen molar-refractivity contribution in [3.05, 3.63) is 30.3 Å². The van der Waals surface area contributed by atoms with Gasteiger partial charge in [0.2, 0.25) is 0 Å². The van der Waals surface area contributed by atoms with Crippen molar-refractivity contribution in [3.8, 4) is 5.75 Å². The molecule has 0 saturated carbocycles. The van der Waals surface area contributed by atoms with Gasteiger partial charge in [-0.2, -0.15) is 8.78 Å². The quantitative estimate of drug-likeness (QED) is 0.561. The Labute approximate surface area is 84.3 Å². The third-order valence-corrected chi connectivity index (χ3v) is 1.81. The summed E-state index contributed by atoms with van der Waals surface area (Å²) in [4.78, 5) is 0. The summed E-state index contributed by atoms with van der Waals surface area (Å²) in [5.41, 5.74) is 0. The molecule has 1 aromatic rings. The first-order valence-electron chi connectivity index (χ1n) is 3.34. The zero-order chi connectivity index (χ0) is 9.90. The van der Waals surface area contributed by atoms with Crippen LogP contribution in [0.1, 0.15) is 0 Å². The molecule has 0 aromatic heterocycles. The molecule has 0 unspecified atom stereocenters. The van der Waals surface area contributed by atoms with Gasteiger partial charge in [-0.1, -0.05) is 18.2 Å². The lowest BCUT2D eigenvalue weighted by molar-refractivity contribution is 0.158. The molecule has 0 radical (unpaired) electrons. The van der Waals surface area contributed by atoms with Crippen molar-refractivity contribution >= 4 is 28.9 Å². The van der Waals surface area contributed by atoms with E-state index in [0.717, 1.165) is 0 Å². The number of para-hydroxylation sites is 1. The van der Waals surface area contributed by atoms with E-state index in [1.165, 1.54) is 12.1 Å². The Kier molecular flexibility index (Phi) is 3.17. The summed E-state index contributed by atoms with van der Waals surface area (Å²) in [7, 11) is 0. The van der Waals surface area contributed by atoms with Crippen molar-refractivity contribution in [2.75, 3.05) is 0 Å². The van der Waals surface area contributed by atoms with Gasteiger partial charge in [-0.05, 0) is 36.0 Å². The molecule has 70 valence electrons. The molecule has 0 spiro atoms. The lowest BCUT2D eigenvalue weighted by Gasteiger charge is -2.10. The minimum Gasteiger partial charge on any atom is -0.443 e. The van der Waals surface area contributed by atoms with Crippen LogP contribution in [0, 0.1) is 0 Å². The van der Waals surface area contributed by atoms with Crippen LogP contribution in [0.3, 0.4) is 0 Å². The van der Waals surface area contributed by atoms with Gasteiger partial charge < -0.3 is 4.74 Å². The van der Waals surface area contributed by atoms with Gasteiger partial charge >= 0.3 is 5.38 Å². The smallest absolute Gasteiger partial charge is 0.390 e. The Morgan fingerprint density at radius 2 is 1.85 bits per heavy atom. The lowest BCUT2D eigenvalue weighted by atomic mass is 10.3. The average Bonchev–Trinajstić information content (AvgIpc) is 2.04. The molecule has 0 aliphatic rings. The van der Waals surface area contributed by atoms with Crippen LogP contribution in [-0.4, -0.2) is 10.4 Å². The third kappa shape index (κ3) is 3.24. The van der Waals surface area contributed by atoms with Gasteiger partial charge in [0, 0.05) is 0 Å². The van der Waals surface area contributed by atoms with Crippen LogP contribution in [0.2, 0.25) is 0 Å². The van der Waals surface area contributed by atoms with E-state index >= 15 is 0 Å². The molecule has 1 nitrogen and oxygen atoms in total. The first kappa shape index (κ1) is 10.3. The second-order valence-corrected chi connectivity index (χ2v) is 3.05. The third-order valence-electron chi connectivity index (χ3n) is 1.19. The van der Waals surface area contributed by atoms with Gasteiger partial charge in [0.05, 0.1) is 0 Å². The highest BCUT2D eigenvalue weighted by Crippen LogP contribution is 2.23. The predicted octanol–water partition coefficient (Wildman–Crippen LogP) is 3.22. The molecule has 0 fully saturated rings. The number of hydrogen-bond acceptors (Lipinski definition) is 2. The van der Waals surface area contributed by atoms with Crippen molar-refractivity contribution in [2.45, 2.75) is 5.38 Å². The maximum absolute atomic E-state index is 12.3. The van der Waals surface area contributed by atoms with E-state index in [9.17, 15) is 8.78 Å². The molecule has 0 heterocycles. The van der Waals surface area contributed by atoms with Gasteiger partial charge in [-0.15, -0.1) is 0 Å².